The van der Waals surface area contributed by atoms with E-state index in [2.05, 4.69) is 18.5 Å². The van der Waals surface area contributed by atoms with Crippen molar-refractivity contribution in [3.05, 3.63) is 61.0 Å². The smallest absolute Gasteiger partial charge is 0.225 e. The number of benzene rings is 1. The van der Waals surface area contributed by atoms with Gasteiger partial charge in [0.15, 0.2) is 0 Å². The summed E-state index contributed by atoms with van der Waals surface area (Å²) in [7, 11) is 0. The second-order valence-electron chi connectivity index (χ2n) is 7.03. The average molecular weight is 374 g/mol. The molecule has 0 bridgehead atoms. The van der Waals surface area contributed by atoms with Crippen molar-refractivity contribution < 1.29 is 19.1 Å². The van der Waals surface area contributed by atoms with Crippen LogP contribution in [-0.4, -0.2) is 40.5 Å². The van der Waals surface area contributed by atoms with E-state index in [-0.39, 0.29) is 49.6 Å². The van der Waals surface area contributed by atoms with Crippen molar-refractivity contribution in [3.63, 3.8) is 0 Å². The van der Waals surface area contributed by atoms with E-state index >= 15 is 0 Å². The molecule has 1 fully saturated rings. The molecule has 27 heavy (non-hydrogen) atoms. The van der Waals surface area contributed by atoms with Gasteiger partial charge in [-0.05, 0) is 25.3 Å². The maximum atomic E-state index is 13.9. The normalized spacial score (nSPS) is 17.5. The van der Waals surface area contributed by atoms with Crippen molar-refractivity contribution in [1.29, 1.82) is 0 Å². The maximum Gasteiger partial charge on any atom is 0.225 e. The fourth-order valence-electron chi connectivity index (χ4n) is 3.27. The minimum Gasteiger partial charge on any atom is -0.387 e. The second kappa shape index (κ2) is 9.46. The third kappa shape index (κ3) is 5.76. The Bertz CT molecular complexity index is 694. The zero-order chi connectivity index (χ0) is 19.9. The number of carbonyl (C=O) groups is 2. The van der Waals surface area contributed by atoms with Crippen LogP contribution in [0.5, 0.6) is 0 Å². The van der Waals surface area contributed by atoms with Crippen LogP contribution in [0.1, 0.15) is 31.2 Å². The van der Waals surface area contributed by atoms with E-state index in [1.807, 2.05) is 0 Å². The van der Waals surface area contributed by atoms with Gasteiger partial charge in [0.05, 0.1) is 11.5 Å². The molecule has 6 heteroatoms. The third-order valence-corrected chi connectivity index (χ3v) is 4.83. The highest BCUT2D eigenvalue weighted by atomic mass is 19.1. The van der Waals surface area contributed by atoms with Crippen molar-refractivity contribution >= 4 is 11.8 Å². The molecule has 0 saturated carbocycles. The van der Waals surface area contributed by atoms with Gasteiger partial charge in [0.2, 0.25) is 11.8 Å². The van der Waals surface area contributed by atoms with Crippen molar-refractivity contribution in [2.24, 2.45) is 5.92 Å². The summed E-state index contributed by atoms with van der Waals surface area (Å²) in [5, 5.41) is 13.3. The second-order valence-corrected chi connectivity index (χ2v) is 7.03. The van der Waals surface area contributed by atoms with Gasteiger partial charge in [-0.1, -0.05) is 30.4 Å². The quantitative estimate of drug-likeness (QED) is 0.653. The van der Waals surface area contributed by atoms with E-state index in [0.717, 1.165) is 0 Å². The minimum absolute atomic E-state index is 0.0850. The van der Waals surface area contributed by atoms with Gasteiger partial charge in [0.1, 0.15) is 5.82 Å². The van der Waals surface area contributed by atoms with Crippen LogP contribution in [0.4, 0.5) is 4.39 Å². The number of carbonyl (C=O) groups excluding carboxylic acids is 2. The molecule has 2 amide bonds. The van der Waals surface area contributed by atoms with Gasteiger partial charge in [0, 0.05) is 31.6 Å². The van der Waals surface area contributed by atoms with Crippen molar-refractivity contribution in [2.45, 2.75) is 37.8 Å². The van der Waals surface area contributed by atoms with Crippen molar-refractivity contribution in [3.8, 4) is 0 Å². The van der Waals surface area contributed by atoms with E-state index < -0.39 is 5.60 Å². The third-order valence-electron chi connectivity index (χ3n) is 4.83. The number of halogens is 1. The van der Waals surface area contributed by atoms with Crippen LogP contribution in [-0.2, 0) is 16.1 Å². The topological polar surface area (TPSA) is 69.6 Å². The molecule has 0 aromatic heterocycles. The first kappa shape index (κ1) is 20.8. The molecule has 1 saturated heterocycles. The van der Waals surface area contributed by atoms with Crippen molar-refractivity contribution in [1.82, 2.24) is 10.2 Å². The summed E-state index contributed by atoms with van der Waals surface area (Å²) in [5.74, 6) is -1.05. The predicted molar refractivity (Wildman–Crippen MR) is 102 cm³/mol. The van der Waals surface area contributed by atoms with E-state index in [4.69, 9.17) is 0 Å². The molecule has 1 aliphatic rings. The highest BCUT2D eigenvalue weighted by Gasteiger charge is 2.32. The summed E-state index contributed by atoms with van der Waals surface area (Å²) >= 11 is 0. The van der Waals surface area contributed by atoms with E-state index in [9.17, 15) is 19.1 Å². The summed E-state index contributed by atoms with van der Waals surface area (Å²) in [4.78, 5) is 26.2. The van der Waals surface area contributed by atoms with Crippen LogP contribution >= 0.6 is 0 Å². The Morgan fingerprint density at radius 2 is 2.00 bits per heavy atom. The summed E-state index contributed by atoms with van der Waals surface area (Å²) in [6.45, 7) is 7.72. The lowest BCUT2D eigenvalue weighted by Gasteiger charge is -2.33. The van der Waals surface area contributed by atoms with E-state index in [0.29, 0.717) is 24.8 Å². The Morgan fingerprint density at radius 3 is 2.63 bits per heavy atom. The van der Waals surface area contributed by atoms with Crippen LogP contribution in [0.3, 0.4) is 0 Å². The van der Waals surface area contributed by atoms with Crippen LogP contribution in [0.15, 0.2) is 49.6 Å². The molecule has 2 rings (SSSR count). The SMILES string of the molecule is C=CCC(O)(CC=C)CNC(=O)[C@@H]1CCC(=O)N(Cc2ccccc2F)C1. The summed E-state index contributed by atoms with van der Waals surface area (Å²) < 4.78 is 13.9. The molecule has 1 aromatic carbocycles. The lowest BCUT2D eigenvalue weighted by molar-refractivity contribution is -0.139. The van der Waals surface area contributed by atoms with Gasteiger partial charge in [-0.25, -0.2) is 4.39 Å². The molecule has 2 N–H and O–H groups in total. The van der Waals surface area contributed by atoms with Gasteiger partial charge in [0.25, 0.3) is 0 Å². The molecular weight excluding hydrogens is 347 g/mol. The number of likely N-dealkylation sites (tertiary alicyclic amines) is 1. The fraction of sp³-hybridized carbons (Fsp3) is 0.429. The Hall–Kier alpha value is -2.47. The monoisotopic (exact) mass is 374 g/mol. The lowest BCUT2D eigenvalue weighted by atomic mass is 9.93. The molecule has 1 atom stereocenters. The number of hydrogen-bond acceptors (Lipinski definition) is 3. The van der Waals surface area contributed by atoms with Crippen LogP contribution < -0.4 is 5.32 Å². The average Bonchev–Trinajstić information content (AvgIpc) is 2.64. The molecule has 0 unspecified atom stereocenters. The first-order valence-electron chi connectivity index (χ1n) is 9.11. The van der Waals surface area contributed by atoms with Gasteiger partial charge >= 0.3 is 0 Å². The van der Waals surface area contributed by atoms with E-state index in [1.165, 1.54) is 11.0 Å². The van der Waals surface area contributed by atoms with Gasteiger partial charge in [-0.2, -0.15) is 0 Å². The number of piperidine rings is 1. The van der Waals surface area contributed by atoms with Gasteiger partial charge < -0.3 is 15.3 Å². The zero-order valence-electron chi connectivity index (χ0n) is 15.5. The molecule has 1 aliphatic heterocycles. The zero-order valence-corrected chi connectivity index (χ0v) is 15.5. The molecule has 5 nitrogen and oxygen atoms in total. The first-order valence-corrected chi connectivity index (χ1v) is 9.11. The number of amides is 2. The Balaban J connectivity index is 1.97. The largest absolute Gasteiger partial charge is 0.387 e. The Kier molecular flexibility index (Phi) is 7.30. The standard InChI is InChI=1S/C21H27FN2O3/c1-3-11-21(27,12-4-2)15-23-20(26)17-9-10-19(25)24(14-17)13-16-7-5-6-8-18(16)22/h3-8,17,27H,1-2,9-15H2,(H,23,26)/t17-/m1/s1. The molecule has 1 aromatic rings. The molecule has 0 spiro atoms. The predicted octanol–water partition coefficient (Wildman–Crippen LogP) is 2.56. The summed E-state index contributed by atoms with van der Waals surface area (Å²) in [6, 6.07) is 6.31. The molecule has 146 valence electrons. The van der Waals surface area contributed by atoms with Gasteiger partial charge in [-0.15, -0.1) is 13.2 Å². The van der Waals surface area contributed by atoms with E-state index in [1.54, 1.807) is 30.4 Å². The highest BCUT2D eigenvalue weighted by Crippen LogP contribution is 2.22. The molecule has 0 radical (unpaired) electrons. The van der Waals surface area contributed by atoms with Crippen LogP contribution in [0, 0.1) is 11.7 Å². The Morgan fingerprint density at radius 1 is 1.33 bits per heavy atom. The van der Waals surface area contributed by atoms with Crippen molar-refractivity contribution in [2.75, 3.05) is 13.1 Å². The highest BCUT2D eigenvalue weighted by molar-refractivity contribution is 5.83. The van der Waals surface area contributed by atoms with Crippen LogP contribution in [0.25, 0.3) is 0 Å². The minimum atomic E-state index is -1.11. The molecule has 0 aliphatic carbocycles. The number of rotatable bonds is 9. The van der Waals surface area contributed by atoms with Gasteiger partial charge in [-0.3, -0.25) is 9.59 Å². The maximum absolute atomic E-state index is 13.9. The molecular formula is C21H27FN2O3. The number of nitrogens with zero attached hydrogens (tertiary/aromatic N) is 1. The number of aliphatic hydroxyl groups is 1. The lowest BCUT2D eigenvalue weighted by Crippen LogP contribution is -2.49. The number of hydrogen-bond donors (Lipinski definition) is 2. The summed E-state index contributed by atoms with van der Waals surface area (Å²) in [6.07, 6.45) is 4.57. The number of nitrogens with one attached hydrogen (secondary N) is 1. The van der Waals surface area contributed by atoms with Crippen LogP contribution in [0.2, 0.25) is 0 Å². The molecule has 1 heterocycles. The Labute approximate surface area is 159 Å². The summed E-state index contributed by atoms with van der Waals surface area (Å²) in [5.41, 5.74) is -0.686. The first-order chi connectivity index (χ1) is 12.9. The fourth-order valence-corrected chi connectivity index (χ4v) is 3.27.